The van der Waals surface area contributed by atoms with Crippen LogP contribution in [-0.2, 0) is 17.8 Å². The number of hydrogen-bond acceptors (Lipinski definition) is 6. The maximum atomic E-state index is 12.3. The molecule has 1 aromatic heterocycles. The first-order valence-electron chi connectivity index (χ1n) is 10.0. The topological polar surface area (TPSA) is 87.4 Å². The predicted octanol–water partition coefficient (Wildman–Crippen LogP) is 0.837. The first kappa shape index (κ1) is 20.4. The Kier molecular flexibility index (Phi) is 7.50. The monoisotopic (exact) mass is 386 g/mol. The van der Waals surface area contributed by atoms with Gasteiger partial charge in [-0.3, -0.25) is 4.79 Å². The molecule has 0 radical (unpaired) electrons. The molecule has 28 heavy (non-hydrogen) atoms. The van der Waals surface area contributed by atoms with Crippen molar-refractivity contribution in [2.24, 2.45) is 5.92 Å². The molecule has 1 atom stereocenters. The van der Waals surface area contributed by atoms with Crippen molar-refractivity contribution >= 4 is 5.91 Å². The van der Waals surface area contributed by atoms with Gasteiger partial charge in [0.25, 0.3) is 0 Å². The maximum Gasteiger partial charge on any atom is 0.224 e. The molecular weight excluding hydrogens is 356 g/mol. The van der Waals surface area contributed by atoms with E-state index in [9.17, 15) is 9.90 Å². The van der Waals surface area contributed by atoms with Gasteiger partial charge in [0.15, 0.2) is 0 Å². The third-order valence-corrected chi connectivity index (χ3v) is 5.51. The summed E-state index contributed by atoms with van der Waals surface area (Å²) in [7, 11) is 2.06. The lowest BCUT2D eigenvalue weighted by molar-refractivity contribution is -0.133. The molecule has 1 aromatic carbocycles. The Labute approximate surface area is 166 Å². The number of piperidine rings is 1. The number of likely N-dealkylation sites (N-methyl/N-ethyl adjacent to an activating group) is 1. The third-order valence-electron chi connectivity index (χ3n) is 5.51. The highest BCUT2D eigenvalue weighted by Crippen LogP contribution is 2.22. The normalized spacial score (nSPS) is 16.5. The molecule has 8 heteroatoms. The van der Waals surface area contributed by atoms with Crippen LogP contribution in [0.25, 0.3) is 0 Å². The van der Waals surface area contributed by atoms with Crippen molar-refractivity contribution in [1.29, 1.82) is 0 Å². The lowest BCUT2D eigenvalue weighted by Gasteiger charge is -2.35. The quantitative estimate of drug-likeness (QED) is 0.687. The fraction of sp³-hybridized carbons (Fsp3) is 0.600. The van der Waals surface area contributed by atoms with E-state index in [1.54, 1.807) is 4.68 Å². The molecule has 0 saturated carbocycles. The molecular formula is C20H30N6O2. The SMILES string of the molecule is CN(CCc1ccccc1)CC(O)C1CCN(C(=O)CCn2cnnn2)CC1. The first-order chi connectivity index (χ1) is 13.6. The number of nitrogens with zero attached hydrogens (tertiary/aromatic N) is 6. The van der Waals surface area contributed by atoms with E-state index in [-0.39, 0.29) is 17.9 Å². The Morgan fingerprint density at radius 1 is 1.29 bits per heavy atom. The second-order valence-electron chi connectivity index (χ2n) is 7.61. The molecule has 1 saturated heterocycles. The number of benzene rings is 1. The van der Waals surface area contributed by atoms with E-state index in [0.29, 0.717) is 32.6 Å². The summed E-state index contributed by atoms with van der Waals surface area (Å²) in [5.74, 6) is 0.381. The second kappa shape index (κ2) is 10.3. The zero-order valence-corrected chi connectivity index (χ0v) is 16.5. The number of carbonyl (C=O) groups is 1. The highest BCUT2D eigenvalue weighted by molar-refractivity contribution is 5.76. The molecule has 2 aromatic rings. The molecule has 1 unspecified atom stereocenters. The van der Waals surface area contributed by atoms with E-state index in [1.165, 1.54) is 11.9 Å². The number of aliphatic hydroxyl groups is 1. The average Bonchev–Trinajstić information content (AvgIpc) is 3.25. The summed E-state index contributed by atoms with van der Waals surface area (Å²) in [6.45, 7) is 3.52. The summed E-state index contributed by atoms with van der Waals surface area (Å²) >= 11 is 0. The Morgan fingerprint density at radius 3 is 2.71 bits per heavy atom. The Hall–Kier alpha value is -2.32. The summed E-state index contributed by atoms with van der Waals surface area (Å²) < 4.78 is 1.57. The summed E-state index contributed by atoms with van der Waals surface area (Å²) in [4.78, 5) is 16.4. The molecule has 8 nitrogen and oxygen atoms in total. The lowest BCUT2D eigenvalue weighted by Crippen LogP contribution is -2.44. The van der Waals surface area contributed by atoms with Crippen molar-refractivity contribution < 1.29 is 9.90 Å². The number of hydrogen-bond donors (Lipinski definition) is 1. The number of aliphatic hydroxyl groups excluding tert-OH is 1. The summed E-state index contributed by atoms with van der Waals surface area (Å²) in [5, 5.41) is 21.5. The van der Waals surface area contributed by atoms with E-state index in [4.69, 9.17) is 0 Å². The minimum absolute atomic E-state index is 0.128. The van der Waals surface area contributed by atoms with Crippen LogP contribution >= 0.6 is 0 Å². The Morgan fingerprint density at radius 2 is 2.04 bits per heavy atom. The van der Waals surface area contributed by atoms with Gasteiger partial charge in [-0.05, 0) is 48.2 Å². The van der Waals surface area contributed by atoms with Gasteiger partial charge in [0, 0.05) is 32.6 Å². The number of carbonyl (C=O) groups excluding carboxylic acids is 1. The molecule has 0 spiro atoms. The molecule has 2 heterocycles. The van der Waals surface area contributed by atoms with Gasteiger partial charge in [-0.25, -0.2) is 4.68 Å². The summed E-state index contributed by atoms with van der Waals surface area (Å²) in [6.07, 6.45) is 4.26. The number of amides is 1. The van der Waals surface area contributed by atoms with Gasteiger partial charge in [-0.2, -0.15) is 0 Å². The van der Waals surface area contributed by atoms with Crippen LogP contribution in [0.4, 0.5) is 0 Å². The number of likely N-dealkylation sites (tertiary alicyclic amines) is 1. The van der Waals surface area contributed by atoms with Gasteiger partial charge in [-0.15, -0.1) is 5.10 Å². The van der Waals surface area contributed by atoms with Gasteiger partial charge in [0.1, 0.15) is 6.33 Å². The fourth-order valence-corrected chi connectivity index (χ4v) is 3.71. The smallest absolute Gasteiger partial charge is 0.224 e. The second-order valence-corrected chi connectivity index (χ2v) is 7.61. The Bertz CT molecular complexity index is 701. The van der Waals surface area contributed by atoms with E-state index in [0.717, 1.165) is 25.8 Å². The number of aryl methyl sites for hydroxylation is 1. The van der Waals surface area contributed by atoms with Gasteiger partial charge < -0.3 is 14.9 Å². The van der Waals surface area contributed by atoms with Gasteiger partial charge in [0.05, 0.1) is 12.6 Å². The lowest BCUT2D eigenvalue weighted by atomic mass is 9.90. The minimum atomic E-state index is -0.348. The molecule has 3 rings (SSSR count). The molecule has 1 aliphatic rings. The van der Waals surface area contributed by atoms with Crippen LogP contribution in [0.5, 0.6) is 0 Å². The van der Waals surface area contributed by atoms with Crippen molar-refractivity contribution in [1.82, 2.24) is 30.0 Å². The van der Waals surface area contributed by atoms with Gasteiger partial charge in [0.2, 0.25) is 5.91 Å². The van der Waals surface area contributed by atoms with Crippen molar-refractivity contribution in [2.45, 2.75) is 38.3 Å². The minimum Gasteiger partial charge on any atom is -0.392 e. The van der Waals surface area contributed by atoms with Crippen molar-refractivity contribution in [3.63, 3.8) is 0 Å². The van der Waals surface area contributed by atoms with Gasteiger partial charge in [-0.1, -0.05) is 30.3 Å². The fourth-order valence-electron chi connectivity index (χ4n) is 3.71. The van der Waals surface area contributed by atoms with Crippen LogP contribution < -0.4 is 0 Å². The number of aromatic nitrogens is 4. The largest absolute Gasteiger partial charge is 0.392 e. The molecule has 152 valence electrons. The van der Waals surface area contributed by atoms with E-state index in [1.807, 2.05) is 11.0 Å². The van der Waals surface area contributed by atoms with Crippen molar-refractivity contribution in [3.8, 4) is 0 Å². The molecule has 1 fully saturated rings. The maximum absolute atomic E-state index is 12.3. The van der Waals surface area contributed by atoms with E-state index >= 15 is 0 Å². The highest BCUT2D eigenvalue weighted by atomic mass is 16.3. The van der Waals surface area contributed by atoms with Crippen molar-refractivity contribution in [2.75, 3.05) is 33.2 Å². The average molecular weight is 387 g/mol. The zero-order valence-electron chi connectivity index (χ0n) is 16.5. The molecule has 1 amide bonds. The molecule has 1 N–H and O–H groups in total. The standard InChI is InChI=1S/C20H30N6O2/c1-24(11-7-17-5-3-2-4-6-17)15-19(27)18-8-12-25(13-9-18)20(28)10-14-26-16-21-22-23-26/h2-6,16,18-19,27H,7-15H2,1H3. The number of rotatable bonds is 9. The van der Waals surface area contributed by atoms with Crippen LogP contribution in [0.2, 0.25) is 0 Å². The van der Waals surface area contributed by atoms with Crippen LogP contribution in [0.3, 0.4) is 0 Å². The summed E-state index contributed by atoms with van der Waals surface area (Å²) in [6, 6.07) is 10.4. The predicted molar refractivity (Wildman–Crippen MR) is 105 cm³/mol. The summed E-state index contributed by atoms with van der Waals surface area (Å²) in [5.41, 5.74) is 1.32. The van der Waals surface area contributed by atoms with Crippen LogP contribution in [0, 0.1) is 5.92 Å². The van der Waals surface area contributed by atoms with E-state index < -0.39 is 0 Å². The molecule has 0 aliphatic carbocycles. The third kappa shape index (κ3) is 6.10. The van der Waals surface area contributed by atoms with E-state index in [2.05, 4.69) is 51.7 Å². The zero-order chi connectivity index (χ0) is 19.8. The number of tetrazole rings is 1. The highest BCUT2D eigenvalue weighted by Gasteiger charge is 2.27. The first-order valence-corrected chi connectivity index (χ1v) is 10.0. The Balaban J connectivity index is 1.34. The van der Waals surface area contributed by atoms with Crippen LogP contribution in [-0.4, -0.2) is 80.4 Å². The van der Waals surface area contributed by atoms with Crippen molar-refractivity contribution in [3.05, 3.63) is 42.2 Å². The molecule has 0 bridgehead atoms. The molecule has 1 aliphatic heterocycles. The van der Waals surface area contributed by atoms with Gasteiger partial charge >= 0.3 is 0 Å². The van der Waals surface area contributed by atoms with Crippen LogP contribution in [0.15, 0.2) is 36.7 Å². The van der Waals surface area contributed by atoms with Crippen LogP contribution in [0.1, 0.15) is 24.8 Å².